The van der Waals surface area contributed by atoms with Gasteiger partial charge in [-0.2, -0.15) is 0 Å². The highest BCUT2D eigenvalue weighted by Gasteiger charge is 2.20. The zero-order valence-electron chi connectivity index (χ0n) is 12.5. The lowest BCUT2D eigenvalue weighted by atomic mass is 10.4. The maximum absolute atomic E-state index is 11.9. The smallest absolute Gasteiger partial charge is 0.409 e. The van der Waals surface area contributed by atoms with Crippen LogP contribution in [0.2, 0.25) is 0 Å². The molecule has 0 saturated heterocycles. The molecule has 0 fully saturated rings. The fourth-order valence-electron chi connectivity index (χ4n) is 1.32. The highest BCUT2D eigenvalue weighted by Crippen LogP contribution is 2.02. The SMILES string of the molecule is C=CC(=O)OCC(COC(=O)N(CCCl)CCCl)OC(=O)C=C. The summed E-state index contributed by atoms with van der Waals surface area (Å²) in [5.41, 5.74) is 0. The maximum atomic E-state index is 11.9. The molecule has 0 heterocycles. The molecular weight excluding hydrogens is 349 g/mol. The Labute approximate surface area is 144 Å². The van der Waals surface area contributed by atoms with E-state index in [4.69, 9.17) is 37.4 Å². The van der Waals surface area contributed by atoms with E-state index in [9.17, 15) is 14.4 Å². The van der Waals surface area contributed by atoms with Crippen molar-refractivity contribution in [2.45, 2.75) is 6.10 Å². The molecule has 0 rings (SSSR count). The van der Waals surface area contributed by atoms with Crippen molar-refractivity contribution in [2.24, 2.45) is 0 Å². The zero-order valence-corrected chi connectivity index (χ0v) is 14.1. The first kappa shape index (κ1) is 21.3. The van der Waals surface area contributed by atoms with E-state index in [0.29, 0.717) is 0 Å². The van der Waals surface area contributed by atoms with Crippen molar-refractivity contribution in [3.8, 4) is 0 Å². The topological polar surface area (TPSA) is 82.1 Å². The molecule has 1 amide bonds. The Bertz CT molecular complexity index is 423. The number of amides is 1. The molecular formula is C14H19Cl2NO6. The first-order valence-electron chi connectivity index (χ1n) is 6.64. The molecule has 1 atom stereocenters. The molecule has 0 saturated carbocycles. The molecule has 0 aromatic rings. The predicted molar refractivity (Wildman–Crippen MR) is 85.6 cm³/mol. The number of halogens is 2. The lowest BCUT2D eigenvalue weighted by Crippen LogP contribution is -2.38. The van der Waals surface area contributed by atoms with Crippen molar-refractivity contribution in [1.82, 2.24) is 4.90 Å². The van der Waals surface area contributed by atoms with Crippen LogP contribution >= 0.6 is 23.2 Å². The molecule has 0 radical (unpaired) electrons. The summed E-state index contributed by atoms with van der Waals surface area (Å²) >= 11 is 11.2. The van der Waals surface area contributed by atoms with Crippen molar-refractivity contribution in [3.63, 3.8) is 0 Å². The van der Waals surface area contributed by atoms with Crippen LogP contribution in [0.15, 0.2) is 25.3 Å². The second-order valence-corrected chi connectivity index (χ2v) is 4.80. The van der Waals surface area contributed by atoms with E-state index in [1.807, 2.05) is 0 Å². The van der Waals surface area contributed by atoms with Crippen molar-refractivity contribution >= 4 is 41.2 Å². The summed E-state index contributed by atoms with van der Waals surface area (Å²) < 4.78 is 14.7. The average molecular weight is 368 g/mol. The number of carbonyl (C=O) groups excluding carboxylic acids is 3. The van der Waals surface area contributed by atoms with Crippen molar-refractivity contribution in [2.75, 3.05) is 38.1 Å². The molecule has 0 aliphatic rings. The standard InChI is InChI=1S/C14H19Cl2NO6/c1-3-12(18)21-9-11(23-13(19)4-2)10-22-14(20)17(7-5-15)8-6-16/h3-4,11H,1-2,5-10H2. The van der Waals surface area contributed by atoms with Crippen LogP contribution < -0.4 is 0 Å². The molecule has 23 heavy (non-hydrogen) atoms. The summed E-state index contributed by atoms with van der Waals surface area (Å²) in [6.45, 7) is 6.42. The highest BCUT2D eigenvalue weighted by molar-refractivity contribution is 6.18. The van der Waals surface area contributed by atoms with Gasteiger partial charge in [-0.1, -0.05) is 13.2 Å². The predicted octanol–water partition coefficient (Wildman–Crippen LogP) is 1.73. The van der Waals surface area contributed by atoms with Gasteiger partial charge in [-0.15, -0.1) is 23.2 Å². The van der Waals surface area contributed by atoms with Crippen LogP contribution in [0.25, 0.3) is 0 Å². The van der Waals surface area contributed by atoms with E-state index < -0.39 is 24.1 Å². The Morgan fingerprint density at radius 2 is 1.48 bits per heavy atom. The van der Waals surface area contributed by atoms with Gasteiger partial charge in [0.15, 0.2) is 6.10 Å². The van der Waals surface area contributed by atoms with Gasteiger partial charge in [0.25, 0.3) is 0 Å². The molecule has 0 aromatic heterocycles. The van der Waals surface area contributed by atoms with E-state index >= 15 is 0 Å². The summed E-state index contributed by atoms with van der Waals surface area (Å²) in [5, 5.41) is 0. The van der Waals surface area contributed by atoms with Crippen LogP contribution in [-0.4, -0.2) is 67.1 Å². The second kappa shape index (κ2) is 12.8. The summed E-state index contributed by atoms with van der Waals surface area (Å²) in [6.07, 6.45) is 0.265. The van der Waals surface area contributed by atoms with Crippen molar-refractivity contribution in [1.29, 1.82) is 0 Å². The van der Waals surface area contributed by atoms with Gasteiger partial charge >= 0.3 is 18.0 Å². The van der Waals surface area contributed by atoms with Crippen LogP contribution in [0.5, 0.6) is 0 Å². The van der Waals surface area contributed by atoms with Crippen LogP contribution in [0.3, 0.4) is 0 Å². The van der Waals surface area contributed by atoms with Gasteiger partial charge in [0.2, 0.25) is 0 Å². The first-order valence-corrected chi connectivity index (χ1v) is 7.71. The van der Waals surface area contributed by atoms with E-state index in [0.717, 1.165) is 12.2 Å². The Morgan fingerprint density at radius 3 is 1.96 bits per heavy atom. The molecule has 0 bridgehead atoms. The summed E-state index contributed by atoms with van der Waals surface area (Å²) in [6, 6.07) is 0. The zero-order chi connectivity index (χ0) is 17.7. The maximum Gasteiger partial charge on any atom is 0.409 e. The third kappa shape index (κ3) is 9.80. The van der Waals surface area contributed by atoms with Gasteiger partial charge in [-0.05, 0) is 0 Å². The molecule has 130 valence electrons. The number of nitrogens with zero attached hydrogens (tertiary/aromatic N) is 1. The fraction of sp³-hybridized carbons (Fsp3) is 0.500. The number of carbonyl (C=O) groups is 3. The van der Waals surface area contributed by atoms with Crippen molar-refractivity contribution in [3.05, 3.63) is 25.3 Å². The van der Waals surface area contributed by atoms with Gasteiger partial charge in [-0.3, -0.25) is 0 Å². The Kier molecular flexibility index (Phi) is 11.8. The van der Waals surface area contributed by atoms with Crippen LogP contribution in [0.1, 0.15) is 0 Å². The number of rotatable bonds is 11. The lowest BCUT2D eigenvalue weighted by molar-refractivity contribution is -0.155. The molecule has 7 nitrogen and oxygen atoms in total. The molecule has 0 spiro atoms. The minimum Gasteiger partial charge on any atom is -0.458 e. The highest BCUT2D eigenvalue weighted by atomic mass is 35.5. The normalized spacial score (nSPS) is 11.0. The second-order valence-electron chi connectivity index (χ2n) is 4.04. The number of alkyl halides is 2. The van der Waals surface area contributed by atoms with E-state index in [1.54, 1.807) is 0 Å². The third-order valence-electron chi connectivity index (χ3n) is 2.39. The summed E-state index contributed by atoms with van der Waals surface area (Å²) in [5.74, 6) is -0.990. The average Bonchev–Trinajstić information content (AvgIpc) is 2.56. The number of esters is 2. The van der Waals surface area contributed by atoms with Crippen LogP contribution in [0.4, 0.5) is 4.79 Å². The fourth-order valence-corrected chi connectivity index (χ4v) is 1.72. The molecule has 0 N–H and O–H groups in total. The van der Waals surface area contributed by atoms with Gasteiger partial charge in [0.05, 0.1) is 0 Å². The lowest BCUT2D eigenvalue weighted by Gasteiger charge is -2.22. The monoisotopic (exact) mass is 367 g/mol. The largest absolute Gasteiger partial charge is 0.458 e. The molecule has 1 unspecified atom stereocenters. The Balaban J connectivity index is 4.57. The summed E-state index contributed by atoms with van der Waals surface area (Å²) in [4.78, 5) is 35.5. The molecule has 0 aromatic carbocycles. The van der Waals surface area contributed by atoms with Crippen molar-refractivity contribution < 1.29 is 28.6 Å². The van der Waals surface area contributed by atoms with Crippen LogP contribution in [-0.2, 0) is 23.8 Å². The van der Waals surface area contributed by atoms with Gasteiger partial charge in [-0.25, -0.2) is 14.4 Å². The number of hydrogen-bond donors (Lipinski definition) is 0. The Morgan fingerprint density at radius 1 is 0.957 bits per heavy atom. The van der Waals surface area contributed by atoms with Crippen LogP contribution in [0, 0.1) is 0 Å². The third-order valence-corrected chi connectivity index (χ3v) is 2.73. The quantitative estimate of drug-likeness (QED) is 0.239. The van der Waals surface area contributed by atoms with Gasteiger partial charge in [0.1, 0.15) is 13.2 Å². The summed E-state index contributed by atoms with van der Waals surface area (Å²) in [7, 11) is 0. The number of hydrogen-bond acceptors (Lipinski definition) is 6. The molecule has 9 heteroatoms. The van der Waals surface area contributed by atoms with E-state index in [2.05, 4.69) is 13.2 Å². The Hall–Kier alpha value is -1.73. The molecule has 0 aliphatic heterocycles. The first-order chi connectivity index (χ1) is 11.0. The van der Waals surface area contributed by atoms with E-state index in [1.165, 1.54) is 4.90 Å². The minimum absolute atomic E-state index is 0.220. The number of ether oxygens (including phenoxy) is 3. The van der Waals surface area contributed by atoms with Gasteiger partial charge in [0, 0.05) is 37.0 Å². The minimum atomic E-state index is -0.970. The van der Waals surface area contributed by atoms with E-state index in [-0.39, 0.29) is 38.1 Å². The van der Waals surface area contributed by atoms with Gasteiger partial charge < -0.3 is 19.1 Å². The molecule has 0 aliphatic carbocycles.